The van der Waals surface area contributed by atoms with Gasteiger partial charge in [-0.2, -0.15) is 0 Å². The first-order valence-electron chi connectivity index (χ1n) is 11.2. The number of carbonyl (C=O) groups excluding carboxylic acids is 2. The van der Waals surface area contributed by atoms with E-state index >= 15 is 0 Å². The minimum Gasteiger partial charge on any atom is -0.366 e. The van der Waals surface area contributed by atoms with Gasteiger partial charge in [-0.1, -0.05) is 30.3 Å². The van der Waals surface area contributed by atoms with Crippen LogP contribution in [0.1, 0.15) is 50.5 Å². The van der Waals surface area contributed by atoms with Gasteiger partial charge in [0.25, 0.3) is 5.91 Å². The Morgan fingerprint density at radius 2 is 1.58 bits per heavy atom. The highest BCUT2D eigenvalue weighted by atomic mass is 16.2. The number of benzene rings is 2. The predicted octanol–water partition coefficient (Wildman–Crippen LogP) is 2.90. The first kappa shape index (κ1) is 22.6. The molecular weight excluding hydrogens is 414 g/mol. The minimum atomic E-state index is -0.428. The summed E-state index contributed by atoms with van der Waals surface area (Å²) in [5, 5.41) is 0. The van der Waals surface area contributed by atoms with Crippen molar-refractivity contribution in [2.45, 2.75) is 31.8 Å². The van der Waals surface area contributed by atoms with Crippen molar-refractivity contribution < 1.29 is 9.59 Å². The van der Waals surface area contributed by atoms with Gasteiger partial charge in [0.2, 0.25) is 5.91 Å². The summed E-state index contributed by atoms with van der Waals surface area (Å²) in [6, 6.07) is 17.1. The van der Waals surface area contributed by atoms with E-state index < -0.39 is 5.91 Å². The maximum absolute atomic E-state index is 12.7. The van der Waals surface area contributed by atoms with Crippen molar-refractivity contribution in [2.24, 2.45) is 5.73 Å². The molecule has 1 fully saturated rings. The van der Waals surface area contributed by atoms with Gasteiger partial charge < -0.3 is 10.6 Å². The highest BCUT2D eigenvalue weighted by Gasteiger charge is 2.26. The fourth-order valence-electron chi connectivity index (χ4n) is 4.21. The van der Waals surface area contributed by atoms with Crippen LogP contribution >= 0.6 is 0 Å². The molecule has 1 aliphatic heterocycles. The van der Waals surface area contributed by atoms with Crippen LogP contribution in [0, 0.1) is 0 Å². The number of likely N-dealkylation sites (tertiary alicyclic amines) is 1. The summed E-state index contributed by atoms with van der Waals surface area (Å²) in [5.41, 5.74) is 9.39. The number of carbonyl (C=O) groups is 2. The summed E-state index contributed by atoms with van der Waals surface area (Å²) in [6.45, 7) is 2.25. The second kappa shape index (κ2) is 10.4. The smallest absolute Gasteiger partial charge is 0.253 e. The van der Waals surface area contributed by atoms with E-state index in [2.05, 4.69) is 21.9 Å². The van der Waals surface area contributed by atoms with Gasteiger partial charge in [0.05, 0.1) is 17.6 Å². The highest BCUT2D eigenvalue weighted by Crippen LogP contribution is 2.19. The Kier molecular flexibility index (Phi) is 7.10. The molecule has 1 aromatic heterocycles. The molecular formula is C26H29N5O2. The molecule has 0 atom stereocenters. The van der Waals surface area contributed by atoms with Crippen molar-refractivity contribution in [3.05, 3.63) is 95.1 Å². The van der Waals surface area contributed by atoms with Gasteiger partial charge in [0.1, 0.15) is 0 Å². The van der Waals surface area contributed by atoms with Gasteiger partial charge in [-0.25, -0.2) is 0 Å². The molecule has 0 bridgehead atoms. The van der Waals surface area contributed by atoms with Crippen LogP contribution in [0.15, 0.2) is 67.0 Å². The molecule has 7 nitrogen and oxygen atoms in total. The number of primary amides is 1. The molecule has 7 heteroatoms. The third-order valence-corrected chi connectivity index (χ3v) is 6.19. The zero-order valence-electron chi connectivity index (χ0n) is 18.9. The van der Waals surface area contributed by atoms with Crippen LogP contribution in [0.25, 0.3) is 0 Å². The van der Waals surface area contributed by atoms with Crippen LogP contribution in [0.5, 0.6) is 0 Å². The Morgan fingerprint density at radius 1 is 0.939 bits per heavy atom. The quantitative estimate of drug-likeness (QED) is 0.606. The molecule has 4 rings (SSSR count). The molecule has 0 aliphatic carbocycles. The lowest BCUT2D eigenvalue weighted by Crippen LogP contribution is -2.45. The molecule has 1 aliphatic rings. The zero-order chi connectivity index (χ0) is 23.2. The topological polar surface area (TPSA) is 92.4 Å². The standard InChI is InChI=1S/C26H29N5O2/c1-30(24-11-13-31(14-12-24)26(33)21-5-3-2-4-6-21)18-23-17-28-22(16-29-23)15-19-7-9-20(10-8-19)25(27)32/h2-10,16-17,24H,11-15,18H2,1H3,(H2,27,32). The number of piperidine rings is 1. The van der Waals surface area contributed by atoms with E-state index in [1.54, 1.807) is 12.1 Å². The van der Waals surface area contributed by atoms with Crippen LogP contribution in [0.3, 0.4) is 0 Å². The van der Waals surface area contributed by atoms with E-state index in [0.29, 0.717) is 18.0 Å². The lowest BCUT2D eigenvalue weighted by Gasteiger charge is -2.36. The molecule has 0 unspecified atom stereocenters. The molecule has 2 N–H and O–H groups in total. The maximum Gasteiger partial charge on any atom is 0.253 e. The van der Waals surface area contributed by atoms with Crippen LogP contribution in [-0.2, 0) is 13.0 Å². The number of amides is 2. The van der Waals surface area contributed by atoms with Crippen molar-refractivity contribution >= 4 is 11.8 Å². The van der Waals surface area contributed by atoms with Crippen molar-refractivity contribution in [1.82, 2.24) is 19.8 Å². The average Bonchev–Trinajstić information content (AvgIpc) is 2.86. The Labute approximate surface area is 194 Å². The number of nitrogens with zero attached hydrogens (tertiary/aromatic N) is 4. The monoisotopic (exact) mass is 443 g/mol. The summed E-state index contributed by atoms with van der Waals surface area (Å²) >= 11 is 0. The lowest BCUT2D eigenvalue weighted by molar-refractivity contribution is 0.0638. The summed E-state index contributed by atoms with van der Waals surface area (Å²) in [4.78, 5) is 37.3. The van der Waals surface area contributed by atoms with E-state index in [1.807, 2.05) is 59.8 Å². The van der Waals surface area contributed by atoms with Gasteiger partial charge in [0.15, 0.2) is 0 Å². The number of hydrogen-bond donors (Lipinski definition) is 1. The summed E-state index contributed by atoms with van der Waals surface area (Å²) in [7, 11) is 2.11. The first-order chi connectivity index (χ1) is 16.0. The third kappa shape index (κ3) is 5.81. The second-order valence-electron chi connectivity index (χ2n) is 8.54. The summed E-state index contributed by atoms with van der Waals surface area (Å²) < 4.78 is 0. The average molecular weight is 444 g/mol. The number of nitrogens with two attached hydrogens (primary N) is 1. The molecule has 2 amide bonds. The lowest BCUT2D eigenvalue weighted by atomic mass is 10.0. The SMILES string of the molecule is CN(Cc1cnc(Cc2ccc(C(N)=O)cc2)cn1)C1CCN(C(=O)c2ccccc2)CC1. The molecule has 0 radical (unpaired) electrons. The first-order valence-corrected chi connectivity index (χ1v) is 11.2. The van der Waals surface area contributed by atoms with Gasteiger partial charge in [-0.3, -0.25) is 24.5 Å². The maximum atomic E-state index is 12.7. The van der Waals surface area contributed by atoms with E-state index in [4.69, 9.17) is 5.73 Å². The molecule has 2 aromatic carbocycles. The molecule has 2 heterocycles. The summed E-state index contributed by atoms with van der Waals surface area (Å²) in [5.74, 6) is -0.314. The minimum absolute atomic E-state index is 0.113. The van der Waals surface area contributed by atoms with E-state index in [9.17, 15) is 9.59 Å². The molecule has 0 spiro atoms. The Hall–Kier alpha value is -3.58. The molecule has 3 aromatic rings. The zero-order valence-corrected chi connectivity index (χ0v) is 18.9. The largest absolute Gasteiger partial charge is 0.366 e. The normalized spacial score (nSPS) is 14.4. The molecule has 0 saturated carbocycles. The second-order valence-corrected chi connectivity index (χ2v) is 8.54. The Bertz CT molecular complexity index is 1080. The van der Waals surface area contributed by atoms with Gasteiger partial charge >= 0.3 is 0 Å². The molecule has 33 heavy (non-hydrogen) atoms. The number of aromatic nitrogens is 2. The Balaban J connectivity index is 1.27. The van der Waals surface area contributed by atoms with Gasteiger partial charge in [-0.15, -0.1) is 0 Å². The van der Waals surface area contributed by atoms with Crippen molar-refractivity contribution in [2.75, 3.05) is 20.1 Å². The van der Waals surface area contributed by atoms with Crippen molar-refractivity contribution in [1.29, 1.82) is 0 Å². The number of hydrogen-bond acceptors (Lipinski definition) is 5. The van der Waals surface area contributed by atoms with Crippen LogP contribution in [0.2, 0.25) is 0 Å². The third-order valence-electron chi connectivity index (χ3n) is 6.19. The molecule has 170 valence electrons. The number of rotatable bonds is 7. The van der Waals surface area contributed by atoms with E-state index in [-0.39, 0.29) is 5.91 Å². The van der Waals surface area contributed by atoms with Crippen molar-refractivity contribution in [3.8, 4) is 0 Å². The molecule has 1 saturated heterocycles. The highest BCUT2D eigenvalue weighted by molar-refractivity contribution is 5.94. The van der Waals surface area contributed by atoms with E-state index in [0.717, 1.165) is 55.0 Å². The van der Waals surface area contributed by atoms with Crippen LogP contribution in [0.4, 0.5) is 0 Å². The van der Waals surface area contributed by atoms with Gasteiger partial charge in [-0.05, 0) is 49.7 Å². The summed E-state index contributed by atoms with van der Waals surface area (Å²) in [6.07, 6.45) is 6.18. The predicted molar refractivity (Wildman–Crippen MR) is 127 cm³/mol. The van der Waals surface area contributed by atoms with Gasteiger partial charge in [0, 0.05) is 49.4 Å². The fourth-order valence-corrected chi connectivity index (χ4v) is 4.21. The van der Waals surface area contributed by atoms with E-state index in [1.165, 1.54) is 0 Å². The Morgan fingerprint density at radius 3 is 2.18 bits per heavy atom. The van der Waals surface area contributed by atoms with Crippen LogP contribution in [-0.4, -0.2) is 57.8 Å². The van der Waals surface area contributed by atoms with Crippen molar-refractivity contribution in [3.63, 3.8) is 0 Å². The van der Waals surface area contributed by atoms with Crippen LogP contribution < -0.4 is 5.73 Å². The fraction of sp³-hybridized carbons (Fsp3) is 0.308.